The van der Waals surface area contributed by atoms with Crippen molar-refractivity contribution in [2.24, 2.45) is 4.99 Å². The molecule has 1 N–H and O–H groups in total. The number of hydrogen-bond acceptors (Lipinski definition) is 3. The molecule has 1 radical (unpaired) electrons. The van der Waals surface area contributed by atoms with Crippen molar-refractivity contribution in [3.8, 4) is 0 Å². The zero-order chi connectivity index (χ0) is 9.38. The number of H-pyrrole nitrogens is 1. The van der Waals surface area contributed by atoms with Crippen LogP contribution in [0.4, 0.5) is 5.82 Å². The predicted octanol–water partition coefficient (Wildman–Crippen LogP) is 2.43. The molecular formula is C10H6N3S. The van der Waals surface area contributed by atoms with Crippen LogP contribution in [0.1, 0.15) is 5.56 Å². The van der Waals surface area contributed by atoms with E-state index in [1.54, 1.807) is 11.8 Å². The van der Waals surface area contributed by atoms with Crippen molar-refractivity contribution in [1.29, 1.82) is 0 Å². The summed E-state index contributed by atoms with van der Waals surface area (Å²) in [5.41, 5.74) is 1.13. The first-order chi connectivity index (χ1) is 6.93. The van der Waals surface area contributed by atoms with Crippen molar-refractivity contribution in [1.82, 2.24) is 9.97 Å². The van der Waals surface area contributed by atoms with Crippen molar-refractivity contribution in [3.63, 3.8) is 0 Å². The summed E-state index contributed by atoms with van der Waals surface area (Å²) in [7, 11) is 0. The molecule has 3 nitrogen and oxygen atoms in total. The number of rotatable bonds is 0. The van der Waals surface area contributed by atoms with E-state index >= 15 is 0 Å². The molecule has 0 fully saturated rings. The van der Waals surface area contributed by atoms with Gasteiger partial charge in [0, 0.05) is 16.7 Å². The van der Waals surface area contributed by atoms with Gasteiger partial charge in [0.2, 0.25) is 0 Å². The molecule has 1 aromatic carbocycles. The van der Waals surface area contributed by atoms with Gasteiger partial charge < -0.3 is 4.98 Å². The molecule has 1 aliphatic heterocycles. The topological polar surface area (TPSA) is 41.0 Å². The van der Waals surface area contributed by atoms with Gasteiger partial charge in [0.15, 0.2) is 12.1 Å². The van der Waals surface area contributed by atoms with Crippen LogP contribution in [0, 0.1) is 6.33 Å². The van der Waals surface area contributed by atoms with Gasteiger partial charge in [0.25, 0.3) is 0 Å². The molecule has 4 heteroatoms. The van der Waals surface area contributed by atoms with E-state index in [1.807, 2.05) is 24.4 Å². The van der Waals surface area contributed by atoms with E-state index in [-0.39, 0.29) is 0 Å². The minimum atomic E-state index is 0.784. The number of aliphatic imine (C=N–C) groups is 1. The first-order valence-corrected chi connectivity index (χ1v) is 5.02. The molecule has 0 saturated carbocycles. The maximum atomic E-state index is 4.29. The summed E-state index contributed by atoms with van der Waals surface area (Å²) in [6.45, 7) is 0. The molecule has 0 spiro atoms. The summed E-state index contributed by atoms with van der Waals surface area (Å²) < 4.78 is 0. The largest absolute Gasteiger partial charge is 0.320 e. The number of aromatic amines is 1. The number of nitrogens with zero attached hydrogens (tertiary/aromatic N) is 2. The van der Waals surface area contributed by atoms with Crippen LogP contribution in [0.3, 0.4) is 0 Å². The Morgan fingerprint density at radius 1 is 1.29 bits per heavy atom. The van der Waals surface area contributed by atoms with Crippen molar-refractivity contribution >= 4 is 23.8 Å². The summed E-state index contributed by atoms with van der Waals surface area (Å²) in [6.07, 6.45) is 4.54. The Morgan fingerprint density at radius 3 is 3.21 bits per heavy atom. The molecular weight excluding hydrogens is 194 g/mol. The van der Waals surface area contributed by atoms with Crippen molar-refractivity contribution < 1.29 is 0 Å². The zero-order valence-corrected chi connectivity index (χ0v) is 8.01. The quantitative estimate of drug-likeness (QED) is 0.605. The summed E-state index contributed by atoms with van der Waals surface area (Å²) in [4.78, 5) is 12.4. The lowest BCUT2D eigenvalue weighted by molar-refractivity contribution is 1.18. The number of nitrogens with one attached hydrogen (secondary N) is 1. The number of fused-ring (bicyclic) bond motifs is 2. The average molecular weight is 200 g/mol. The fourth-order valence-electron chi connectivity index (χ4n) is 1.32. The van der Waals surface area contributed by atoms with Gasteiger partial charge in [-0.25, -0.2) is 9.98 Å². The van der Waals surface area contributed by atoms with Gasteiger partial charge in [-0.05, 0) is 6.07 Å². The Kier molecular flexibility index (Phi) is 1.67. The van der Waals surface area contributed by atoms with E-state index < -0.39 is 0 Å². The highest BCUT2D eigenvalue weighted by Gasteiger charge is 2.12. The molecule has 14 heavy (non-hydrogen) atoms. The summed E-state index contributed by atoms with van der Waals surface area (Å²) in [5.74, 6) is 0.784. The first kappa shape index (κ1) is 7.82. The average Bonchev–Trinajstić information content (AvgIpc) is 2.58. The Balaban J connectivity index is 2.19. The Bertz CT molecular complexity index is 502. The second kappa shape index (κ2) is 2.99. The second-order valence-corrected chi connectivity index (χ2v) is 3.93. The molecule has 0 atom stereocenters. The van der Waals surface area contributed by atoms with Gasteiger partial charge in [-0.2, -0.15) is 0 Å². The molecule has 2 aromatic rings. The third-order valence-electron chi connectivity index (χ3n) is 1.99. The van der Waals surface area contributed by atoms with Crippen LogP contribution in [0.25, 0.3) is 0 Å². The number of benzene rings is 1. The number of hydrogen-bond donors (Lipinski definition) is 1. The summed E-state index contributed by atoms with van der Waals surface area (Å²) >= 11 is 1.61. The fourth-order valence-corrected chi connectivity index (χ4v) is 2.20. The van der Waals surface area contributed by atoms with Crippen LogP contribution < -0.4 is 0 Å². The maximum Gasteiger partial charge on any atom is 0.176 e. The smallest absolute Gasteiger partial charge is 0.176 e. The highest BCUT2D eigenvalue weighted by atomic mass is 32.2. The van der Waals surface area contributed by atoms with Gasteiger partial charge in [0.1, 0.15) is 5.03 Å². The lowest BCUT2D eigenvalue weighted by Crippen LogP contribution is -1.82. The molecule has 0 unspecified atom stereocenters. The molecule has 0 bridgehead atoms. The molecule has 3 rings (SSSR count). The van der Waals surface area contributed by atoms with Crippen LogP contribution in [0.2, 0.25) is 0 Å². The van der Waals surface area contributed by atoms with Crippen LogP contribution >= 0.6 is 11.8 Å². The Hall–Kier alpha value is -1.55. The zero-order valence-electron chi connectivity index (χ0n) is 7.19. The minimum absolute atomic E-state index is 0.784. The minimum Gasteiger partial charge on any atom is -0.320 e. The van der Waals surface area contributed by atoms with Gasteiger partial charge >= 0.3 is 0 Å². The Labute approximate surface area is 85.3 Å². The molecule has 67 valence electrons. The third-order valence-corrected chi connectivity index (χ3v) is 3.06. The van der Waals surface area contributed by atoms with Crippen LogP contribution in [-0.2, 0) is 0 Å². The van der Waals surface area contributed by atoms with E-state index in [0.717, 1.165) is 16.4 Å². The van der Waals surface area contributed by atoms with E-state index in [2.05, 4.69) is 27.4 Å². The molecule has 2 heterocycles. The standard InChI is InChI=1S/C10H6N3S/c1-2-4-8-7(3-1)5-11-9-10(14-8)13-6-12-9/h1-5H,(H,12,13). The second-order valence-electron chi connectivity index (χ2n) is 2.90. The monoisotopic (exact) mass is 200 g/mol. The van der Waals surface area contributed by atoms with Crippen molar-refractivity contribution in [2.45, 2.75) is 9.92 Å². The van der Waals surface area contributed by atoms with Gasteiger partial charge in [-0.1, -0.05) is 30.0 Å². The van der Waals surface area contributed by atoms with E-state index in [9.17, 15) is 0 Å². The highest BCUT2D eigenvalue weighted by Crippen LogP contribution is 2.35. The van der Waals surface area contributed by atoms with Crippen LogP contribution in [0.15, 0.2) is 39.2 Å². The van der Waals surface area contributed by atoms with Gasteiger partial charge in [0.05, 0.1) is 0 Å². The molecule has 1 aromatic heterocycles. The van der Waals surface area contributed by atoms with Crippen molar-refractivity contribution in [3.05, 3.63) is 36.2 Å². The SMILES string of the molecule is [c]1nc2c([nH]1)N=Cc1ccccc1S2. The van der Waals surface area contributed by atoms with Crippen LogP contribution in [-0.4, -0.2) is 16.2 Å². The molecule has 0 saturated heterocycles. The van der Waals surface area contributed by atoms with E-state index in [0.29, 0.717) is 0 Å². The van der Waals surface area contributed by atoms with Gasteiger partial charge in [-0.15, -0.1) is 0 Å². The fraction of sp³-hybridized carbons (Fsp3) is 0. The van der Waals surface area contributed by atoms with Crippen molar-refractivity contribution in [2.75, 3.05) is 0 Å². The predicted molar refractivity (Wildman–Crippen MR) is 55.2 cm³/mol. The third kappa shape index (κ3) is 1.15. The van der Waals surface area contributed by atoms with Crippen LogP contribution in [0.5, 0.6) is 0 Å². The Morgan fingerprint density at radius 2 is 2.21 bits per heavy atom. The summed E-state index contributed by atoms with van der Waals surface area (Å²) in [6, 6.07) is 8.13. The number of imidazole rings is 1. The highest BCUT2D eigenvalue weighted by molar-refractivity contribution is 7.99. The number of aromatic nitrogens is 2. The molecule has 0 aliphatic carbocycles. The molecule has 1 aliphatic rings. The maximum absolute atomic E-state index is 4.29. The van der Waals surface area contributed by atoms with E-state index in [1.165, 1.54) is 4.90 Å². The van der Waals surface area contributed by atoms with E-state index in [4.69, 9.17) is 0 Å². The lowest BCUT2D eigenvalue weighted by atomic mass is 10.2. The lowest BCUT2D eigenvalue weighted by Gasteiger charge is -1.99. The first-order valence-electron chi connectivity index (χ1n) is 4.20. The normalized spacial score (nSPS) is 13.1. The summed E-state index contributed by atoms with van der Waals surface area (Å²) in [5, 5.41) is 0.881. The molecule has 0 amide bonds. The van der Waals surface area contributed by atoms with Gasteiger partial charge in [-0.3, -0.25) is 0 Å².